The first-order valence-corrected chi connectivity index (χ1v) is 7.82. The minimum Gasteiger partial charge on any atom is -0.457 e. The second-order valence-electron chi connectivity index (χ2n) is 5.28. The van der Waals surface area contributed by atoms with Gasteiger partial charge in [-0.05, 0) is 49.8 Å². The van der Waals surface area contributed by atoms with Crippen molar-refractivity contribution in [3.63, 3.8) is 0 Å². The Hall–Kier alpha value is -2.48. The Balaban J connectivity index is 1.77. The Morgan fingerprint density at radius 2 is 1.64 bits per heavy atom. The Kier molecular flexibility index (Phi) is 4.29. The highest BCUT2D eigenvalue weighted by Crippen LogP contribution is 2.21. The van der Waals surface area contributed by atoms with Crippen LogP contribution in [0.5, 0.6) is 0 Å². The van der Waals surface area contributed by atoms with Crippen LogP contribution in [0.1, 0.15) is 25.2 Å². The van der Waals surface area contributed by atoms with Crippen LogP contribution in [0.2, 0.25) is 0 Å². The Morgan fingerprint density at radius 1 is 0.909 bits per heavy atom. The third-order valence-corrected chi connectivity index (χ3v) is 3.91. The number of anilines is 1. The van der Waals surface area contributed by atoms with Gasteiger partial charge in [-0.1, -0.05) is 36.4 Å². The van der Waals surface area contributed by atoms with Crippen LogP contribution in [0.25, 0.3) is 23.1 Å². The van der Waals surface area contributed by atoms with Crippen LogP contribution in [0.3, 0.4) is 0 Å². The molecule has 0 radical (unpaired) electrons. The average Bonchev–Trinajstić information content (AvgIpc) is 2.98. The van der Waals surface area contributed by atoms with Gasteiger partial charge in [0, 0.05) is 24.2 Å². The highest BCUT2D eigenvalue weighted by molar-refractivity contribution is 5.81. The Labute approximate surface area is 131 Å². The first kappa shape index (κ1) is 14.5. The molecule has 112 valence electrons. The molecule has 0 bridgehead atoms. The first-order valence-electron chi connectivity index (χ1n) is 7.82. The lowest BCUT2D eigenvalue weighted by atomic mass is 10.1. The predicted molar refractivity (Wildman–Crippen MR) is 95.1 cm³/mol. The molecule has 0 saturated carbocycles. The summed E-state index contributed by atoms with van der Waals surface area (Å²) in [5.41, 5.74) is 3.38. The summed E-state index contributed by atoms with van der Waals surface area (Å²) in [6, 6.07) is 18.8. The number of furan rings is 1. The smallest absolute Gasteiger partial charge is 0.134 e. The number of para-hydroxylation sites is 1. The zero-order chi connectivity index (χ0) is 15.4. The molecule has 2 heteroatoms. The molecule has 0 aliphatic carbocycles. The molecule has 1 aromatic heterocycles. The standard InChI is InChI=1S/C20H21NO/c1-3-21(4-2)18-12-9-16(10-13-18)11-14-19-15-17-7-5-6-8-20(17)22-19/h5-15H,3-4H2,1-2H3. The Morgan fingerprint density at radius 3 is 2.32 bits per heavy atom. The molecule has 0 amide bonds. The summed E-state index contributed by atoms with van der Waals surface area (Å²) >= 11 is 0. The van der Waals surface area contributed by atoms with Gasteiger partial charge in [-0.25, -0.2) is 0 Å². The van der Waals surface area contributed by atoms with Crippen LogP contribution in [0.4, 0.5) is 5.69 Å². The maximum atomic E-state index is 5.79. The number of hydrogen-bond acceptors (Lipinski definition) is 2. The molecule has 0 N–H and O–H groups in total. The topological polar surface area (TPSA) is 16.4 Å². The van der Waals surface area contributed by atoms with E-state index in [1.807, 2.05) is 24.3 Å². The van der Waals surface area contributed by atoms with Crippen molar-refractivity contribution in [2.75, 3.05) is 18.0 Å². The van der Waals surface area contributed by atoms with E-state index in [2.05, 4.69) is 61.2 Å². The van der Waals surface area contributed by atoms with Gasteiger partial charge in [0.15, 0.2) is 0 Å². The zero-order valence-electron chi connectivity index (χ0n) is 13.1. The van der Waals surface area contributed by atoms with E-state index in [1.165, 1.54) is 11.3 Å². The fraction of sp³-hybridized carbons (Fsp3) is 0.200. The lowest BCUT2D eigenvalue weighted by molar-refractivity contribution is 0.604. The number of hydrogen-bond donors (Lipinski definition) is 0. The lowest BCUT2D eigenvalue weighted by Gasteiger charge is -2.20. The molecule has 22 heavy (non-hydrogen) atoms. The average molecular weight is 291 g/mol. The third kappa shape index (κ3) is 3.06. The van der Waals surface area contributed by atoms with Crippen LogP contribution >= 0.6 is 0 Å². The molecule has 0 atom stereocenters. The van der Waals surface area contributed by atoms with E-state index in [4.69, 9.17) is 4.42 Å². The van der Waals surface area contributed by atoms with Crippen molar-refractivity contribution in [3.8, 4) is 0 Å². The third-order valence-electron chi connectivity index (χ3n) is 3.91. The second kappa shape index (κ2) is 6.52. The van der Waals surface area contributed by atoms with E-state index in [0.29, 0.717) is 0 Å². The van der Waals surface area contributed by atoms with Crippen molar-refractivity contribution in [1.82, 2.24) is 0 Å². The van der Waals surface area contributed by atoms with Crippen LogP contribution in [0.15, 0.2) is 59.0 Å². The Bertz CT molecular complexity index is 731. The summed E-state index contributed by atoms with van der Waals surface area (Å²) in [7, 11) is 0. The summed E-state index contributed by atoms with van der Waals surface area (Å²) in [6.07, 6.45) is 4.11. The largest absolute Gasteiger partial charge is 0.457 e. The van der Waals surface area contributed by atoms with Crippen LogP contribution in [-0.2, 0) is 0 Å². The van der Waals surface area contributed by atoms with Crippen molar-refractivity contribution in [2.24, 2.45) is 0 Å². The molecule has 3 aromatic rings. The highest BCUT2D eigenvalue weighted by Gasteiger charge is 2.01. The van der Waals surface area contributed by atoms with E-state index >= 15 is 0 Å². The minimum absolute atomic E-state index is 0.883. The van der Waals surface area contributed by atoms with Crippen molar-refractivity contribution in [1.29, 1.82) is 0 Å². The monoisotopic (exact) mass is 291 g/mol. The maximum Gasteiger partial charge on any atom is 0.134 e. The molecule has 0 aliphatic heterocycles. The number of fused-ring (bicyclic) bond motifs is 1. The fourth-order valence-electron chi connectivity index (χ4n) is 2.65. The molecule has 2 aromatic carbocycles. The van der Waals surface area contributed by atoms with Crippen molar-refractivity contribution >= 4 is 28.8 Å². The van der Waals surface area contributed by atoms with Gasteiger partial charge in [0.1, 0.15) is 11.3 Å². The van der Waals surface area contributed by atoms with Crippen LogP contribution in [0, 0.1) is 0 Å². The number of nitrogens with zero attached hydrogens (tertiary/aromatic N) is 1. The van der Waals surface area contributed by atoms with Gasteiger partial charge in [-0.2, -0.15) is 0 Å². The number of rotatable bonds is 5. The molecule has 0 aliphatic rings. The first-order chi connectivity index (χ1) is 10.8. The van der Waals surface area contributed by atoms with Gasteiger partial charge in [0.25, 0.3) is 0 Å². The van der Waals surface area contributed by atoms with E-state index in [0.717, 1.165) is 29.8 Å². The summed E-state index contributed by atoms with van der Waals surface area (Å²) < 4.78 is 5.79. The molecule has 0 unspecified atom stereocenters. The van der Waals surface area contributed by atoms with Crippen molar-refractivity contribution in [2.45, 2.75) is 13.8 Å². The van der Waals surface area contributed by atoms with Gasteiger partial charge >= 0.3 is 0 Å². The lowest BCUT2D eigenvalue weighted by Crippen LogP contribution is -2.21. The molecule has 0 spiro atoms. The van der Waals surface area contributed by atoms with Gasteiger partial charge in [-0.3, -0.25) is 0 Å². The number of benzene rings is 2. The normalized spacial score (nSPS) is 11.4. The maximum absolute atomic E-state index is 5.79. The summed E-state index contributed by atoms with van der Waals surface area (Å²) in [4.78, 5) is 2.34. The zero-order valence-corrected chi connectivity index (χ0v) is 13.1. The molecule has 0 saturated heterocycles. The van der Waals surface area contributed by atoms with Crippen LogP contribution < -0.4 is 4.90 Å². The van der Waals surface area contributed by atoms with Gasteiger partial charge in [0.2, 0.25) is 0 Å². The summed E-state index contributed by atoms with van der Waals surface area (Å²) in [5, 5.41) is 1.14. The molecule has 0 fully saturated rings. The molecule has 2 nitrogen and oxygen atoms in total. The molecule has 3 rings (SSSR count). The molecule has 1 heterocycles. The SMILES string of the molecule is CCN(CC)c1ccc(C=Cc2cc3ccccc3o2)cc1. The van der Waals surface area contributed by atoms with E-state index < -0.39 is 0 Å². The summed E-state index contributed by atoms with van der Waals surface area (Å²) in [6.45, 7) is 6.42. The minimum atomic E-state index is 0.883. The van der Waals surface area contributed by atoms with Gasteiger partial charge in [-0.15, -0.1) is 0 Å². The van der Waals surface area contributed by atoms with E-state index in [-0.39, 0.29) is 0 Å². The second-order valence-corrected chi connectivity index (χ2v) is 5.28. The van der Waals surface area contributed by atoms with E-state index in [1.54, 1.807) is 0 Å². The van der Waals surface area contributed by atoms with Crippen molar-refractivity contribution < 1.29 is 4.42 Å². The molecular weight excluding hydrogens is 270 g/mol. The van der Waals surface area contributed by atoms with Gasteiger partial charge < -0.3 is 9.32 Å². The highest BCUT2D eigenvalue weighted by atomic mass is 16.3. The van der Waals surface area contributed by atoms with E-state index in [9.17, 15) is 0 Å². The quantitative estimate of drug-likeness (QED) is 0.621. The predicted octanol–water partition coefficient (Wildman–Crippen LogP) is 5.45. The van der Waals surface area contributed by atoms with Crippen molar-refractivity contribution in [3.05, 3.63) is 65.9 Å². The fourth-order valence-corrected chi connectivity index (χ4v) is 2.65. The van der Waals surface area contributed by atoms with Crippen LogP contribution in [-0.4, -0.2) is 13.1 Å². The molecular formula is C20H21NO. The van der Waals surface area contributed by atoms with Gasteiger partial charge in [0.05, 0.1) is 0 Å². The summed E-state index contributed by atoms with van der Waals surface area (Å²) in [5.74, 6) is 0.883.